The van der Waals surface area contributed by atoms with Gasteiger partial charge in [0.1, 0.15) is 5.69 Å². The second-order valence-electron chi connectivity index (χ2n) is 4.92. The van der Waals surface area contributed by atoms with Crippen molar-refractivity contribution in [2.24, 2.45) is 0 Å². The summed E-state index contributed by atoms with van der Waals surface area (Å²) < 4.78 is 4.61. The van der Waals surface area contributed by atoms with Crippen LogP contribution in [-0.2, 0) is 22.5 Å². The van der Waals surface area contributed by atoms with E-state index in [0.29, 0.717) is 18.5 Å². The molecular weight excluding hydrogens is 272 g/mol. The van der Waals surface area contributed by atoms with Crippen LogP contribution in [-0.4, -0.2) is 47.1 Å². The van der Waals surface area contributed by atoms with Crippen LogP contribution in [0, 0.1) is 6.92 Å². The minimum Gasteiger partial charge on any atom is -0.477 e. The lowest BCUT2D eigenvalue weighted by Crippen LogP contribution is -2.22. The van der Waals surface area contributed by atoms with Crippen molar-refractivity contribution in [1.29, 1.82) is 0 Å². The first kappa shape index (κ1) is 17.2. The number of aromatic amines is 1. The van der Waals surface area contributed by atoms with Crippen LogP contribution in [0.15, 0.2) is 0 Å². The zero-order valence-corrected chi connectivity index (χ0v) is 13.2. The third-order valence-electron chi connectivity index (χ3n) is 3.78. The number of carboxylic acid groups (broad SMARTS) is 1. The molecule has 6 heteroatoms. The normalized spacial score (nSPS) is 10.9. The Bertz CT molecular complexity index is 504. The molecule has 21 heavy (non-hydrogen) atoms. The summed E-state index contributed by atoms with van der Waals surface area (Å²) in [7, 11) is 1.33. The molecule has 0 fully saturated rings. The number of carbonyl (C=O) groups is 2. The van der Waals surface area contributed by atoms with Crippen molar-refractivity contribution in [2.75, 3.05) is 20.2 Å². The highest BCUT2D eigenvalue weighted by Crippen LogP contribution is 2.22. The van der Waals surface area contributed by atoms with Crippen LogP contribution in [0.5, 0.6) is 0 Å². The molecule has 0 spiro atoms. The monoisotopic (exact) mass is 296 g/mol. The summed E-state index contributed by atoms with van der Waals surface area (Å²) in [6, 6.07) is 0. The molecule has 0 radical (unpaired) electrons. The van der Waals surface area contributed by atoms with E-state index in [2.05, 4.69) is 28.5 Å². The maximum absolute atomic E-state index is 11.4. The van der Waals surface area contributed by atoms with Crippen LogP contribution in [0.2, 0.25) is 0 Å². The van der Waals surface area contributed by atoms with Gasteiger partial charge in [-0.05, 0) is 37.6 Å². The highest BCUT2D eigenvalue weighted by Gasteiger charge is 2.20. The van der Waals surface area contributed by atoms with Gasteiger partial charge in [-0.3, -0.25) is 9.69 Å². The van der Waals surface area contributed by atoms with Gasteiger partial charge in [0.2, 0.25) is 0 Å². The highest BCUT2D eigenvalue weighted by molar-refractivity contribution is 5.88. The van der Waals surface area contributed by atoms with Crippen LogP contribution in [0.25, 0.3) is 0 Å². The van der Waals surface area contributed by atoms with Crippen molar-refractivity contribution in [3.05, 3.63) is 22.5 Å². The van der Waals surface area contributed by atoms with Crippen LogP contribution in [0.4, 0.5) is 0 Å². The predicted octanol–water partition coefficient (Wildman–Crippen LogP) is 1.97. The van der Waals surface area contributed by atoms with E-state index in [1.54, 1.807) is 0 Å². The molecule has 0 saturated heterocycles. The molecule has 1 rings (SSSR count). The third-order valence-corrected chi connectivity index (χ3v) is 3.78. The van der Waals surface area contributed by atoms with E-state index in [4.69, 9.17) is 0 Å². The molecule has 0 saturated carbocycles. The van der Waals surface area contributed by atoms with Crippen molar-refractivity contribution in [3.63, 3.8) is 0 Å². The van der Waals surface area contributed by atoms with Gasteiger partial charge in [0.05, 0.1) is 7.11 Å². The number of hydrogen-bond donors (Lipinski definition) is 2. The van der Waals surface area contributed by atoms with Gasteiger partial charge in [-0.1, -0.05) is 13.8 Å². The van der Waals surface area contributed by atoms with Crippen molar-refractivity contribution >= 4 is 11.9 Å². The van der Waals surface area contributed by atoms with E-state index in [-0.39, 0.29) is 18.1 Å². The number of rotatable bonds is 8. The van der Waals surface area contributed by atoms with Gasteiger partial charge in [0, 0.05) is 18.7 Å². The SMILES string of the molecule is CCN(CC)Cc1[nH]c(C(=O)O)c(CCC(=O)OC)c1C. The molecule has 0 atom stereocenters. The quantitative estimate of drug-likeness (QED) is 0.717. The van der Waals surface area contributed by atoms with Gasteiger partial charge < -0.3 is 14.8 Å². The lowest BCUT2D eigenvalue weighted by molar-refractivity contribution is -0.140. The maximum atomic E-state index is 11.4. The fraction of sp³-hybridized carbons (Fsp3) is 0.600. The highest BCUT2D eigenvalue weighted by atomic mass is 16.5. The molecule has 0 aromatic carbocycles. The Labute approximate surface area is 125 Å². The Hall–Kier alpha value is -1.82. The summed E-state index contributed by atoms with van der Waals surface area (Å²) in [4.78, 5) is 27.8. The number of nitrogens with one attached hydrogen (secondary N) is 1. The largest absolute Gasteiger partial charge is 0.477 e. The summed E-state index contributed by atoms with van der Waals surface area (Å²) in [5.74, 6) is -1.33. The lowest BCUT2D eigenvalue weighted by atomic mass is 10.0. The van der Waals surface area contributed by atoms with Gasteiger partial charge in [-0.25, -0.2) is 4.79 Å². The number of carboxylic acids is 1. The fourth-order valence-electron chi connectivity index (χ4n) is 2.34. The molecular formula is C15H24N2O4. The van der Waals surface area contributed by atoms with E-state index >= 15 is 0 Å². The molecule has 0 aliphatic carbocycles. The summed E-state index contributed by atoms with van der Waals surface area (Å²) in [5.41, 5.74) is 2.69. The lowest BCUT2D eigenvalue weighted by Gasteiger charge is -2.17. The fourth-order valence-corrected chi connectivity index (χ4v) is 2.34. The van der Waals surface area contributed by atoms with Gasteiger partial charge in [0.25, 0.3) is 0 Å². The summed E-state index contributed by atoms with van der Waals surface area (Å²) >= 11 is 0. The van der Waals surface area contributed by atoms with E-state index < -0.39 is 5.97 Å². The van der Waals surface area contributed by atoms with Crippen molar-refractivity contribution < 1.29 is 19.4 Å². The van der Waals surface area contributed by atoms with Crippen molar-refractivity contribution in [3.8, 4) is 0 Å². The maximum Gasteiger partial charge on any atom is 0.352 e. The topological polar surface area (TPSA) is 82.6 Å². The molecule has 6 nitrogen and oxygen atoms in total. The number of esters is 1. The molecule has 2 N–H and O–H groups in total. The first-order valence-electron chi connectivity index (χ1n) is 7.17. The Kier molecular flexibility index (Phi) is 6.42. The third kappa shape index (κ3) is 4.32. The van der Waals surface area contributed by atoms with Gasteiger partial charge in [-0.15, -0.1) is 0 Å². The standard InChI is InChI=1S/C15H24N2O4/c1-5-17(6-2)9-12-10(3)11(7-8-13(18)21-4)14(16-12)15(19)20/h16H,5-9H2,1-4H3,(H,19,20). The van der Waals surface area contributed by atoms with E-state index in [1.165, 1.54) is 7.11 Å². The van der Waals surface area contributed by atoms with Gasteiger partial charge in [-0.2, -0.15) is 0 Å². The molecule has 1 heterocycles. The van der Waals surface area contributed by atoms with Gasteiger partial charge >= 0.3 is 11.9 Å². The molecule has 0 amide bonds. The summed E-state index contributed by atoms with van der Waals surface area (Å²) in [6.07, 6.45) is 0.551. The number of hydrogen-bond acceptors (Lipinski definition) is 4. The van der Waals surface area contributed by atoms with Crippen molar-refractivity contribution in [2.45, 2.75) is 40.2 Å². The van der Waals surface area contributed by atoms with Crippen LogP contribution < -0.4 is 0 Å². The minimum absolute atomic E-state index is 0.179. The Morgan fingerprint density at radius 3 is 2.38 bits per heavy atom. The average Bonchev–Trinajstić information content (AvgIpc) is 2.78. The Morgan fingerprint density at radius 1 is 1.29 bits per heavy atom. The number of H-pyrrole nitrogens is 1. The number of aromatic nitrogens is 1. The molecule has 1 aromatic heterocycles. The number of ether oxygens (including phenoxy) is 1. The second kappa shape index (κ2) is 7.83. The van der Waals surface area contributed by atoms with Crippen LogP contribution in [0.1, 0.15) is 47.6 Å². The number of nitrogens with zero attached hydrogens (tertiary/aromatic N) is 1. The molecule has 118 valence electrons. The second-order valence-corrected chi connectivity index (χ2v) is 4.92. The zero-order valence-electron chi connectivity index (χ0n) is 13.2. The Balaban J connectivity index is 3.02. The number of methoxy groups -OCH3 is 1. The smallest absolute Gasteiger partial charge is 0.352 e. The van der Waals surface area contributed by atoms with E-state index in [9.17, 15) is 14.7 Å². The number of carbonyl (C=O) groups excluding carboxylic acids is 1. The molecule has 0 bridgehead atoms. The van der Waals surface area contributed by atoms with Crippen LogP contribution >= 0.6 is 0 Å². The van der Waals surface area contributed by atoms with E-state index in [0.717, 1.165) is 24.3 Å². The Morgan fingerprint density at radius 2 is 1.90 bits per heavy atom. The molecule has 0 aliphatic heterocycles. The van der Waals surface area contributed by atoms with Gasteiger partial charge in [0.15, 0.2) is 0 Å². The number of aromatic carboxylic acids is 1. The van der Waals surface area contributed by atoms with Crippen molar-refractivity contribution in [1.82, 2.24) is 9.88 Å². The predicted molar refractivity (Wildman–Crippen MR) is 79.5 cm³/mol. The summed E-state index contributed by atoms with van der Waals surface area (Å²) in [5, 5.41) is 9.31. The summed E-state index contributed by atoms with van der Waals surface area (Å²) in [6.45, 7) is 8.51. The average molecular weight is 296 g/mol. The first-order valence-corrected chi connectivity index (χ1v) is 7.17. The molecule has 1 aromatic rings. The first-order chi connectivity index (χ1) is 9.94. The van der Waals surface area contributed by atoms with E-state index in [1.807, 2.05) is 6.92 Å². The molecule has 0 unspecified atom stereocenters. The zero-order chi connectivity index (χ0) is 16.0. The molecule has 0 aliphatic rings. The van der Waals surface area contributed by atoms with Crippen LogP contribution in [0.3, 0.4) is 0 Å². The minimum atomic E-state index is -0.997.